The number of benzene rings is 3. The van der Waals surface area contributed by atoms with E-state index < -0.39 is 6.04 Å². The summed E-state index contributed by atoms with van der Waals surface area (Å²) in [6.45, 7) is 6.05. The number of aryl methyl sites for hydroxylation is 1. The van der Waals surface area contributed by atoms with E-state index >= 15 is 0 Å². The SMILES string of the molecule is Cc1ccc(SCC(=O)N(Cc2ccc(Cl)cc2Cl)[C@H](Cc2ccccc2)C(=O)NC(C)C)cc1. The van der Waals surface area contributed by atoms with Gasteiger partial charge in [-0.1, -0.05) is 77.3 Å². The Hall–Kier alpha value is -2.47. The van der Waals surface area contributed by atoms with Gasteiger partial charge >= 0.3 is 0 Å². The van der Waals surface area contributed by atoms with Crippen LogP contribution in [-0.2, 0) is 22.6 Å². The fraction of sp³-hybridized carbons (Fsp3) is 0.286. The van der Waals surface area contributed by atoms with Crippen LogP contribution in [0.15, 0.2) is 77.7 Å². The van der Waals surface area contributed by atoms with Crippen molar-refractivity contribution < 1.29 is 9.59 Å². The van der Waals surface area contributed by atoms with Gasteiger partial charge < -0.3 is 10.2 Å². The molecule has 0 heterocycles. The number of thioether (sulfide) groups is 1. The number of rotatable bonds is 10. The molecule has 7 heteroatoms. The van der Waals surface area contributed by atoms with Crippen molar-refractivity contribution in [2.45, 2.75) is 50.7 Å². The topological polar surface area (TPSA) is 49.4 Å². The largest absolute Gasteiger partial charge is 0.352 e. The average Bonchev–Trinajstić information content (AvgIpc) is 2.82. The first-order chi connectivity index (χ1) is 16.7. The van der Waals surface area contributed by atoms with Crippen molar-refractivity contribution in [3.8, 4) is 0 Å². The summed E-state index contributed by atoms with van der Waals surface area (Å²) in [5, 5.41) is 3.97. The molecule has 35 heavy (non-hydrogen) atoms. The molecule has 3 aromatic carbocycles. The summed E-state index contributed by atoms with van der Waals surface area (Å²) in [5.74, 6) is -0.127. The molecule has 0 bridgehead atoms. The first kappa shape index (κ1) is 27.1. The molecule has 4 nitrogen and oxygen atoms in total. The lowest BCUT2D eigenvalue weighted by Crippen LogP contribution is -2.52. The molecule has 3 aromatic rings. The standard InChI is InChI=1S/C28H30Cl2N2O2S/c1-19(2)31-28(34)26(15-21-7-5-4-6-8-21)32(17-22-11-12-23(29)16-25(22)30)27(33)18-35-24-13-9-20(3)10-14-24/h4-14,16,19,26H,15,17-18H2,1-3H3,(H,31,34)/t26-/m1/s1. The molecule has 0 aliphatic carbocycles. The number of halogens is 2. The fourth-order valence-corrected chi connectivity index (χ4v) is 4.88. The summed E-state index contributed by atoms with van der Waals surface area (Å²) in [4.78, 5) is 29.7. The lowest BCUT2D eigenvalue weighted by Gasteiger charge is -2.32. The number of hydrogen-bond donors (Lipinski definition) is 1. The Morgan fingerprint density at radius 1 is 0.971 bits per heavy atom. The number of amides is 2. The van der Waals surface area contributed by atoms with E-state index in [0.717, 1.165) is 21.6 Å². The van der Waals surface area contributed by atoms with Crippen molar-refractivity contribution in [3.63, 3.8) is 0 Å². The van der Waals surface area contributed by atoms with Gasteiger partial charge in [0.15, 0.2) is 0 Å². The first-order valence-electron chi connectivity index (χ1n) is 11.5. The highest BCUT2D eigenvalue weighted by atomic mass is 35.5. The van der Waals surface area contributed by atoms with Gasteiger partial charge in [-0.2, -0.15) is 0 Å². The van der Waals surface area contributed by atoms with Gasteiger partial charge in [-0.3, -0.25) is 9.59 Å². The molecule has 0 saturated heterocycles. The molecule has 0 unspecified atom stereocenters. The number of carbonyl (C=O) groups is 2. The monoisotopic (exact) mass is 528 g/mol. The Labute approximate surface area is 222 Å². The minimum Gasteiger partial charge on any atom is -0.352 e. The number of hydrogen-bond acceptors (Lipinski definition) is 3. The Kier molecular flexibility index (Phi) is 10.1. The summed E-state index contributed by atoms with van der Waals surface area (Å²) in [7, 11) is 0. The van der Waals surface area contributed by atoms with E-state index in [0.29, 0.717) is 16.5 Å². The third-order valence-corrected chi connectivity index (χ3v) is 7.02. The van der Waals surface area contributed by atoms with E-state index in [1.165, 1.54) is 11.8 Å². The first-order valence-corrected chi connectivity index (χ1v) is 13.2. The van der Waals surface area contributed by atoms with Crippen LogP contribution in [0, 0.1) is 6.92 Å². The molecule has 2 amide bonds. The molecule has 0 aliphatic rings. The third kappa shape index (κ3) is 8.31. The molecule has 1 N–H and O–H groups in total. The molecule has 0 spiro atoms. The maximum atomic E-state index is 13.6. The zero-order valence-electron chi connectivity index (χ0n) is 20.1. The van der Waals surface area contributed by atoms with Gasteiger partial charge in [0.2, 0.25) is 11.8 Å². The van der Waals surface area contributed by atoms with E-state index in [9.17, 15) is 9.59 Å². The van der Waals surface area contributed by atoms with Gasteiger partial charge in [0.05, 0.1) is 5.75 Å². The summed E-state index contributed by atoms with van der Waals surface area (Å²) >= 11 is 14.0. The van der Waals surface area contributed by atoms with Crippen molar-refractivity contribution in [1.82, 2.24) is 10.2 Å². The molecule has 0 aromatic heterocycles. The highest BCUT2D eigenvalue weighted by molar-refractivity contribution is 8.00. The molecule has 0 saturated carbocycles. The van der Waals surface area contributed by atoms with Crippen LogP contribution in [0.25, 0.3) is 0 Å². The average molecular weight is 530 g/mol. The van der Waals surface area contributed by atoms with Gasteiger partial charge in [-0.15, -0.1) is 11.8 Å². The normalized spacial score (nSPS) is 11.8. The highest BCUT2D eigenvalue weighted by Gasteiger charge is 2.31. The van der Waals surface area contributed by atoms with Crippen LogP contribution >= 0.6 is 35.0 Å². The quantitative estimate of drug-likeness (QED) is 0.303. The maximum absolute atomic E-state index is 13.6. The summed E-state index contributed by atoms with van der Waals surface area (Å²) in [6, 6.07) is 22.2. The van der Waals surface area contributed by atoms with Crippen molar-refractivity contribution in [2.24, 2.45) is 0 Å². The second kappa shape index (κ2) is 13.0. The fourth-order valence-electron chi connectivity index (χ4n) is 3.63. The minimum absolute atomic E-state index is 0.0567. The molecular formula is C28H30Cl2N2O2S. The third-order valence-electron chi connectivity index (χ3n) is 5.44. The lowest BCUT2D eigenvalue weighted by atomic mass is 10.0. The van der Waals surface area contributed by atoms with Crippen LogP contribution < -0.4 is 5.32 Å². The molecule has 1 atom stereocenters. The number of nitrogens with one attached hydrogen (secondary N) is 1. The zero-order chi connectivity index (χ0) is 25.4. The smallest absolute Gasteiger partial charge is 0.243 e. The molecule has 184 valence electrons. The highest BCUT2D eigenvalue weighted by Crippen LogP contribution is 2.26. The summed E-state index contributed by atoms with van der Waals surface area (Å²) in [5.41, 5.74) is 2.87. The van der Waals surface area contributed by atoms with Crippen LogP contribution in [0.1, 0.15) is 30.5 Å². The minimum atomic E-state index is -0.697. The van der Waals surface area contributed by atoms with Crippen molar-refractivity contribution in [1.29, 1.82) is 0 Å². The predicted octanol–water partition coefficient (Wildman–Crippen LogP) is 6.56. The Morgan fingerprint density at radius 2 is 1.66 bits per heavy atom. The second-order valence-corrected chi connectivity index (χ2v) is 10.6. The summed E-state index contributed by atoms with van der Waals surface area (Å²) in [6.07, 6.45) is 0.394. The Morgan fingerprint density at radius 3 is 2.29 bits per heavy atom. The number of nitrogens with zero attached hydrogens (tertiary/aromatic N) is 1. The molecular weight excluding hydrogens is 499 g/mol. The van der Waals surface area contributed by atoms with Gasteiger partial charge in [0, 0.05) is 33.9 Å². The van der Waals surface area contributed by atoms with E-state index in [4.69, 9.17) is 23.2 Å². The van der Waals surface area contributed by atoms with Gasteiger partial charge in [0.1, 0.15) is 6.04 Å². The molecule has 0 radical (unpaired) electrons. The van der Waals surface area contributed by atoms with E-state index in [-0.39, 0.29) is 30.2 Å². The Balaban J connectivity index is 1.93. The van der Waals surface area contributed by atoms with Crippen molar-refractivity contribution in [3.05, 3.63) is 99.5 Å². The molecule has 3 rings (SSSR count). The van der Waals surface area contributed by atoms with E-state index in [1.54, 1.807) is 23.1 Å². The van der Waals surface area contributed by atoms with Gasteiger partial charge in [-0.05, 0) is 56.2 Å². The van der Waals surface area contributed by atoms with Crippen LogP contribution in [0.3, 0.4) is 0 Å². The van der Waals surface area contributed by atoms with E-state index in [2.05, 4.69) is 5.32 Å². The molecule has 0 fully saturated rings. The molecule has 0 aliphatic heterocycles. The predicted molar refractivity (Wildman–Crippen MR) is 146 cm³/mol. The maximum Gasteiger partial charge on any atom is 0.243 e. The van der Waals surface area contributed by atoms with E-state index in [1.807, 2.05) is 75.4 Å². The van der Waals surface area contributed by atoms with Crippen LogP contribution in [-0.4, -0.2) is 34.6 Å². The van der Waals surface area contributed by atoms with Crippen LogP contribution in [0.2, 0.25) is 10.0 Å². The van der Waals surface area contributed by atoms with Gasteiger partial charge in [-0.25, -0.2) is 0 Å². The van der Waals surface area contributed by atoms with Crippen LogP contribution in [0.5, 0.6) is 0 Å². The van der Waals surface area contributed by atoms with Gasteiger partial charge in [0.25, 0.3) is 0 Å². The zero-order valence-corrected chi connectivity index (χ0v) is 22.5. The van der Waals surface area contributed by atoms with Crippen molar-refractivity contribution in [2.75, 3.05) is 5.75 Å². The van der Waals surface area contributed by atoms with Crippen LogP contribution in [0.4, 0.5) is 0 Å². The Bertz CT molecular complexity index is 1140. The lowest BCUT2D eigenvalue weighted by molar-refractivity contribution is -0.139. The summed E-state index contributed by atoms with van der Waals surface area (Å²) < 4.78 is 0. The number of carbonyl (C=O) groups excluding carboxylic acids is 2. The second-order valence-electron chi connectivity index (χ2n) is 8.73. The van der Waals surface area contributed by atoms with Crippen molar-refractivity contribution >= 4 is 46.8 Å².